The van der Waals surface area contributed by atoms with Crippen molar-refractivity contribution in [3.8, 4) is 0 Å². The van der Waals surface area contributed by atoms with Crippen LogP contribution in [0.25, 0.3) is 0 Å². The number of benzene rings is 2. The minimum atomic E-state index is -0.171. The largest absolute Gasteiger partial charge is 0.309 e. The molecule has 0 aliphatic heterocycles. The number of aryl methyl sites for hydroxylation is 1. The lowest BCUT2D eigenvalue weighted by atomic mass is 10.1. The Balaban J connectivity index is 2.12. The number of hydrogen-bond donors (Lipinski definition) is 0. The minimum absolute atomic E-state index is 0.171. The SMILES string of the molecule is CN(C)CCCc1cc(F)ccc1Sc1ccc(Cl)cc1. The van der Waals surface area contributed by atoms with Crippen LogP contribution in [0.4, 0.5) is 4.39 Å². The predicted octanol–water partition coefficient (Wildman–Crippen LogP) is 5.12. The monoisotopic (exact) mass is 323 g/mol. The maximum atomic E-state index is 13.5. The number of rotatable bonds is 6. The molecule has 0 aliphatic carbocycles. The van der Waals surface area contributed by atoms with Gasteiger partial charge in [0.15, 0.2) is 0 Å². The second kappa shape index (κ2) is 7.83. The highest BCUT2D eigenvalue weighted by Crippen LogP contribution is 2.32. The first-order chi connectivity index (χ1) is 10.0. The van der Waals surface area contributed by atoms with E-state index in [4.69, 9.17) is 11.6 Å². The maximum absolute atomic E-state index is 13.5. The fraction of sp³-hybridized carbons (Fsp3) is 0.294. The van der Waals surface area contributed by atoms with E-state index >= 15 is 0 Å². The van der Waals surface area contributed by atoms with Gasteiger partial charge in [0, 0.05) is 14.8 Å². The fourth-order valence-corrected chi connectivity index (χ4v) is 3.14. The van der Waals surface area contributed by atoms with Gasteiger partial charge in [-0.3, -0.25) is 0 Å². The van der Waals surface area contributed by atoms with E-state index in [1.165, 1.54) is 6.07 Å². The van der Waals surface area contributed by atoms with Gasteiger partial charge in [-0.15, -0.1) is 0 Å². The molecular formula is C17H19ClFNS. The second-order valence-electron chi connectivity index (χ2n) is 5.21. The molecule has 0 saturated carbocycles. The highest BCUT2D eigenvalue weighted by Gasteiger charge is 2.07. The minimum Gasteiger partial charge on any atom is -0.309 e. The lowest BCUT2D eigenvalue weighted by Gasteiger charge is -2.12. The van der Waals surface area contributed by atoms with Crippen molar-refractivity contribution in [1.82, 2.24) is 4.90 Å². The quantitative estimate of drug-likeness (QED) is 0.725. The maximum Gasteiger partial charge on any atom is 0.123 e. The number of nitrogens with zero attached hydrogens (tertiary/aromatic N) is 1. The smallest absolute Gasteiger partial charge is 0.123 e. The second-order valence-corrected chi connectivity index (χ2v) is 6.77. The van der Waals surface area contributed by atoms with Crippen molar-refractivity contribution in [3.63, 3.8) is 0 Å². The molecule has 0 heterocycles. The molecule has 1 nitrogen and oxygen atoms in total. The number of halogens is 2. The van der Waals surface area contributed by atoms with Gasteiger partial charge in [-0.05, 0) is 81.5 Å². The third-order valence-corrected chi connectivity index (χ3v) is 4.49. The van der Waals surface area contributed by atoms with Gasteiger partial charge < -0.3 is 4.90 Å². The van der Waals surface area contributed by atoms with Crippen LogP contribution in [-0.2, 0) is 6.42 Å². The van der Waals surface area contributed by atoms with Crippen molar-refractivity contribution in [2.75, 3.05) is 20.6 Å². The van der Waals surface area contributed by atoms with Crippen LogP contribution >= 0.6 is 23.4 Å². The van der Waals surface area contributed by atoms with Crippen molar-refractivity contribution < 1.29 is 4.39 Å². The molecule has 2 aromatic carbocycles. The van der Waals surface area contributed by atoms with Crippen LogP contribution in [0, 0.1) is 5.82 Å². The molecule has 0 N–H and O–H groups in total. The molecule has 0 fully saturated rings. The van der Waals surface area contributed by atoms with Gasteiger partial charge in [0.05, 0.1) is 0 Å². The molecule has 4 heteroatoms. The Morgan fingerprint density at radius 2 is 1.81 bits per heavy atom. The average molecular weight is 324 g/mol. The first-order valence-electron chi connectivity index (χ1n) is 6.91. The third-order valence-electron chi connectivity index (χ3n) is 3.12. The summed E-state index contributed by atoms with van der Waals surface area (Å²) >= 11 is 7.55. The molecule has 0 aliphatic rings. The Morgan fingerprint density at radius 3 is 2.48 bits per heavy atom. The summed E-state index contributed by atoms with van der Waals surface area (Å²) in [6.07, 6.45) is 1.90. The Labute approximate surface area is 135 Å². The fourth-order valence-electron chi connectivity index (χ4n) is 2.06. The van der Waals surface area contributed by atoms with Crippen LogP contribution in [0.3, 0.4) is 0 Å². The van der Waals surface area contributed by atoms with E-state index in [-0.39, 0.29) is 5.82 Å². The molecule has 21 heavy (non-hydrogen) atoms. The van der Waals surface area contributed by atoms with E-state index in [0.717, 1.165) is 39.8 Å². The van der Waals surface area contributed by atoms with Gasteiger partial charge in [0.2, 0.25) is 0 Å². The normalized spacial score (nSPS) is 11.1. The van der Waals surface area contributed by atoms with Crippen LogP contribution in [0.15, 0.2) is 52.3 Å². The molecular weight excluding hydrogens is 305 g/mol. The van der Waals surface area contributed by atoms with Gasteiger partial charge in [0.25, 0.3) is 0 Å². The topological polar surface area (TPSA) is 3.24 Å². The summed E-state index contributed by atoms with van der Waals surface area (Å²) in [6.45, 7) is 1.00. The van der Waals surface area contributed by atoms with E-state index in [9.17, 15) is 4.39 Å². The van der Waals surface area contributed by atoms with E-state index in [0.29, 0.717) is 0 Å². The molecule has 0 spiro atoms. The summed E-state index contributed by atoms with van der Waals surface area (Å²) in [5.41, 5.74) is 1.07. The van der Waals surface area contributed by atoms with Crippen molar-refractivity contribution in [1.29, 1.82) is 0 Å². The summed E-state index contributed by atoms with van der Waals surface area (Å²) in [5, 5.41) is 0.727. The molecule has 0 unspecified atom stereocenters. The zero-order valence-electron chi connectivity index (χ0n) is 12.3. The standard InChI is InChI=1S/C17H19ClFNS/c1-20(2)11-3-4-13-12-15(19)7-10-17(13)21-16-8-5-14(18)6-9-16/h5-10,12H,3-4,11H2,1-2H3. The Morgan fingerprint density at radius 1 is 1.10 bits per heavy atom. The van der Waals surface area contributed by atoms with Gasteiger partial charge >= 0.3 is 0 Å². The Hall–Kier alpha value is -1.03. The van der Waals surface area contributed by atoms with Crippen LogP contribution in [0.5, 0.6) is 0 Å². The zero-order valence-corrected chi connectivity index (χ0v) is 13.8. The summed E-state index contributed by atoms with van der Waals surface area (Å²) in [4.78, 5) is 4.36. The van der Waals surface area contributed by atoms with Crippen LogP contribution in [-0.4, -0.2) is 25.5 Å². The van der Waals surface area contributed by atoms with E-state index in [2.05, 4.69) is 19.0 Å². The molecule has 0 bridgehead atoms. The van der Waals surface area contributed by atoms with Crippen LogP contribution in [0.2, 0.25) is 5.02 Å². The summed E-state index contributed by atoms with van der Waals surface area (Å²) in [5.74, 6) is -0.171. The Bertz CT molecular complexity index is 584. The molecule has 2 rings (SSSR count). The van der Waals surface area contributed by atoms with Crippen LogP contribution < -0.4 is 0 Å². The highest BCUT2D eigenvalue weighted by atomic mass is 35.5. The Kier molecular flexibility index (Phi) is 6.09. The lowest BCUT2D eigenvalue weighted by Crippen LogP contribution is -2.13. The molecule has 0 amide bonds. The van der Waals surface area contributed by atoms with Crippen molar-refractivity contribution >= 4 is 23.4 Å². The van der Waals surface area contributed by atoms with Gasteiger partial charge in [0.1, 0.15) is 5.82 Å². The molecule has 0 atom stereocenters. The van der Waals surface area contributed by atoms with E-state index in [1.807, 2.05) is 30.3 Å². The number of hydrogen-bond acceptors (Lipinski definition) is 2. The molecule has 112 valence electrons. The molecule has 2 aromatic rings. The summed E-state index contributed by atoms with van der Waals surface area (Å²) in [7, 11) is 4.10. The first kappa shape index (κ1) is 16.3. The van der Waals surface area contributed by atoms with E-state index in [1.54, 1.807) is 17.8 Å². The van der Waals surface area contributed by atoms with Crippen molar-refractivity contribution in [2.45, 2.75) is 22.6 Å². The lowest BCUT2D eigenvalue weighted by molar-refractivity contribution is 0.400. The van der Waals surface area contributed by atoms with Gasteiger partial charge in [-0.1, -0.05) is 23.4 Å². The highest BCUT2D eigenvalue weighted by molar-refractivity contribution is 7.99. The molecule has 0 aromatic heterocycles. The molecule has 0 saturated heterocycles. The predicted molar refractivity (Wildman–Crippen MR) is 88.9 cm³/mol. The first-order valence-corrected chi connectivity index (χ1v) is 8.10. The van der Waals surface area contributed by atoms with E-state index < -0.39 is 0 Å². The van der Waals surface area contributed by atoms with Crippen molar-refractivity contribution in [2.24, 2.45) is 0 Å². The zero-order chi connectivity index (χ0) is 15.2. The van der Waals surface area contributed by atoms with Gasteiger partial charge in [-0.2, -0.15) is 0 Å². The van der Waals surface area contributed by atoms with Gasteiger partial charge in [-0.25, -0.2) is 4.39 Å². The summed E-state index contributed by atoms with van der Waals surface area (Å²) < 4.78 is 13.5. The van der Waals surface area contributed by atoms with Crippen molar-refractivity contribution in [3.05, 3.63) is 58.9 Å². The molecule has 0 radical (unpaired) electrons. The third kappa shape index (κ3) is 5.34. The van der Waals surface area contributed by atoms with Crippen LogP contribution in [0.1, 0.15) is 12.0 Å². The summed E-state index contributed by atoms with van der Waals surface area (Å²) in [6, 6.07) is 12.7. The average Bonchev–Trinajstić information content (AvgIpc) is 2.43.